The fourth-order valence-corrected chi connectivity index (χ4v) is 4.19. The third kappa shape index (κ3) is 2.84. The van der Waals surface area contributed by atoms with Crippen molar-refractivity contribution in [3.8, 4) is 5.75 Å². The number of rotatable bonds is 5. The van der Waals surface area contributed by atoms with Crippen LogP contribution in [-0.4, -0.2) is 30.1 Å². The monoisotopic (exact) mass is 399 g/mol. The molecule has 0 saturated heterocycles. The van der Waals surface area contributed by atoms with E-state index in [1.54, 1.807) is 20.5 Å². The summed E-state index contributed by atoms with van der Waals surface area (Å²) in [5, 5.41) is 0. The lowest BCUT2D eigenvalue weighted by Gasteiger charge is -2.26. The first kappa shape index (κ1) is 18.4. The van der Waals surface area contributed by atoms with Gasteiger partial charge in [0.2, 0.25) is 0 Å². The molecule has 5 rings (SSSR count). The maximum atomic E-state index is 13.4. The van der Waals surface area contributed by atoms with Gasteiger partial charge < -0.3 is 14.5 Å². The van der Waals surface area contributed by atoms with E-state index in [1.807, 2.05) is 65.6 Å². The molecule has 1 aliphatic heterocycles. The van der Waals surface area contributed by atoms with Crippen molar-refractivity contribution in [3.63, 3.8) is 0 Å². The molecule has 0 bridgehead atoms. The predicted molar refractivity (Wildman–Crippen MR) is 115 cm³/mol. The number of imidazole rings is 1. The molecule has 1 amide bonds. The standard InChI is InChI=1S/C24H21N3O3/c1-29-13-16-8-7-15(11-22(16)30-2)23-18-5-3-4-6-19(18)24(28)27(23)17-9-10-20-21(12-17)26-14-25-20/h3-12,14,23H,13H2,1-2H3,(H,25,26)/t23-/m0/s1. The number of hydrogen-bond acceptors (Lipinski definition) is 4. The zero-order valence-electron chi connectivity index (χ0n) is 16.8. The van der Waals surface area contributed by atoms with Gasteiger partial charge in [-0.2, -0.15) is 0 Å². The normalized spacial score (nSPS) is 15.6. The molecular formula is C24H21N3O3. The number of carbonyl (C=O) groups is 1. The molecule has 3 aromatic carbocycles. The first-order chi connectivity index (χ1) is 14.7. The average molecular weight is 399 g/mol. The Kier molecular flexibility index (Phi) is 4.48. The molecular weight excluding hydrogens is 378 g/mol. The maximum Gasteiger partial charge on any atom is 0.259 e. The van der Waals surface area contributed by atoms with Crippen LogP contribution in [0.25, 0.3) is 11.0 Å². The Bertz CT molecular complexity index is 1250. The van der Waals surface area contributed by atoms with Gasteiger partial charge in [0.1, 0.15) is 5.75 Å². The number of anilines is 1. The van der Waals surface area contributed by atoms with Gasteiger partial charge in [0.15, 0.2) is 0 Å². The van der Waals surface area contributed by atoms with Crippen molar-refractivity contribution in [2.75, 3.05) is 19.1 Å². The van der Waals surface area contributed by atoms with Gasteiger partial charge in [-0.15, -0.1) is 0 Å². The van der Waals surface area contributed by atoms with E-state index < -0.39 is 0 Å². The van der Waals surface area contributed by atoms with E-state index in [0.717, 1.165) is 39.2 Å². The summed E-state index contributed by atoms with van der Waals surface area (Å²) in [7, 11) is 3.31. The van der Waals surface area contributed by atoms with Crippen molar-refractivity contribution in [1.29, 1.82) is 0 Å². The van der Waals surface area contributed by atoms with Crippen LogP contribution in [-0.2, 0) is 11.3 Å². The van der Waals surface area contributed by atoms with E-state index in [1.165, 1.54) is 0 Å². The second-order valence-corrected chi connectivity index (χ2v) is 7.27. The first-order valence-electron chi connectivity index (χ1n) is 9.72. The molecule has 30 heavy (non-hydrogen) atoms. The lowest BCUT2D eigenvalue weighted by atomic mass is 9.96. The molecule has 0 radical (unpaired) electrons. The SMILES string of the molecule is COCc1ccc([C@H]2c3ccccc3C(=O)N2c2ccc3[nH]cnc3c2)cc1OC. The molecule has 0 aliphatic carbocycles. The molecule has 6 heteroatoms. The quantitative estimate of drug-likeness (QED) is 0.538. The highest BCUT2D eigenvalue weighted by atomic mass is 16.5. The fourth-order valence-electron chi connectivity index (χ4n) is 4.19. The largest absolute Gasteiger partial charge is 0.496 e. The lowest BCUT2D eigenvalue weighted by Crippen LogP contribution is -2.28. The Morgan fingerprint density at radius 3 is 2.77 bits per heavy atom. The second kappa shape index (κ2) is 7.31. The number of fused-ring (bicyclic) bond motifs is 2. The van der Waals surface area contributed by atoms with Crippen LogP contribution in [0, 0.1) is 0 Å². The van der Waals surface area contributed by atoms with Gasteiger partial charge in [-0.25, -0.2) is 4.98 Å². The van der Waals surface area contributed by atoms with E-state index in [0.29, 0.717) is 12.2 Å². The second-order valence-electron chi connectivity index (χ2n) is 7.27. The van der Waals surface area contributed by atoms with Crippen LogP contribution in [0.1, 0.15) is 33.1 Å². The van der Waals surface area contributed by atoms with Crippen LogP contribution in [0.5, 0.6) is 5.75 Å². The molecule has 2 heterocycles. The number of nitrogens with zero attached hydrogens (tertiary/aromatic N) is 2. The summed E-state index contributed by atoms with van der Waals surface area (Å²) in [5.41, 5.74) is 6.20. The van der Waals surface area contributed by atoms with E-state index in [-0.39, 0.29) is 11.9 Å². The van der Waals surface area contributed by atoms with Gasteiger partial charge >= 0.3 is 0 Å². The molecule has 150 valence electrons. The number of hydrogen-bond donors (Lipinski definition) is 1. The highest BCUT2D eigenvalue weighted by molar-refractivity contribution is 6.12. The molecule has 1 N–H and O–H groups in total. The average Bonchev–Trinajstić information content (AvgIpc) is 3.36. The van der Waals surface area contributed by atoms with Crippen molar-refractivity contribution >= 4 is 22.6 Å². The summed E-state index contributed by atoms with van der Waals surface area (Å²) in [6.45, 7) is 0.461. The summed E-state index contributed by atoms with van der Waals surface area (Å²) in [6, 6.07) is 19.4. The number of ether oxygens (including phenoxy) is 2. The topological polar surface area (TPSA) is 67.5 Å². The summed E-state index contributed by atoms with van der Waals surface area (Å²) in [4.78, 5) is 22.7. The Labute approximate surface area is 174 Å². The molecule has 6 nitrogen and oxygen atoms in total. The van der Waals surface area contributed by atoms with Gasteiger partial charge in [-0.05, 0) is 41.5 Å². The Hall–Kier alpha value is -3.64. The van der Waals surface area contributed by atoms with Gasteiger partial charge in [0.25, 0.3) is 5.91 Å². The van der Waals surface area contributed by atoms with Crippen LogP contribution in [0.4, 0.5) is 5.69 Å². The maximum absolute atomic E-state index is 13.4. The number of amides is 1. The predicted octanol–water partition coefficient (Wildman–Crippen LogP) is 4.47. The summed E-state index contributed by atoms with van der Waals surface area (Å²) in [5.74, 6) is 0.722. The molecule has 0 unspecified atom stereocenters. The van der Waals surface area contributed by atoms with Crippen LogP contribution >= 0.6 is 0 Å². The number of carbonyl (C=O) groups excluding carboxylic acids is 1. The molecule has 1 aromatic heterocycles. The summed E-state index contributed by atoms with van der Waals surface area (Å²) >= 11 is 0. The number of benzene rings is 3. The van der Waals surface area contributed by atoms with E-state index in [2.05, 4.69) is 9.97 Å². The smallest absolute Gasteiger partial charge is 0.259 e. The Morgan fingerprint density at radius 1 is 1.07 bits per heavy atom. The van der Waals surface area contributed by atoms with Crippen LogP contribution < -0.4 is 9.64 Å². The lowest BCUT2D eigenvalue weighted by molar-refractivity contribution is 0.0993. The molecule has 1 aliphatic rings. The van der Waals surface area contributed by atoms with E-state index >= 15 is 0 Å². The third-order valence-corrected chi connectivity index (χ3v) is 5.57. The van der Waals surface area contributed by atoms with Gasteiger partial charge in [-0.3, -0.25) is 9.69 Å². The molecule has 0 fully saturated rings. The number of aromatic amines is 1. The zero-order valence-corrected chi connectivity index (χ0v) is 16.8. The molecule has 0 saturated carbocycles. The number of aromatic nitrogens is 2. The fraction of sp³-hybridized carbons (Fsp3) is 0.167. The number of nitrogens with one attached hydrogen (secondary N) is 1. The highest BCUT2D eigenvalue weighted by Crippen LogP contribution is 2.43. The zero-order chi connectivity index (χ0) is 20.7. The van der Waals surface area contributed by atoms with E-state index in [4.69, 9.17) is 9.47 Å². The number of H-pyrrole nitrogens is 1. The van der Waals surface area contributed by atoms with Crippen molar-refractivity contribution in [2.45, 2.75) is 12.6 Å². The minimum Gasteiger partial charge on any atom is -0.496 e. The minimum absolute atomic E-state index is 0.0228. The highest BCUT2D eigenvalue weighted by Gasteiger charge is 2.38. The van der Waals surface area contributed by atoms with Crippen molar-refractivity contribution in [1.82, 2.24) is 9.97 Å². The summed E-state index contributed by atoms with van der Waals surface area (Å²) < 4.78 is 10.9. The van der Waals surface area contributed by atoms with Gasteiger partial charge in [-0.1, -0.05) is 30.3 Å². The van der Waals surface area contributed by atoms with Crippen molar-refractivity contribution in [2.24, 2.45) is 0 Å². The van der Waals surface area contributed by atoms with Crippen molar-refractivity contribution in [3.05, 3.63) is 89.2 Å². The first-order valence-corrected chi connectivity index (χ1v) is 9.72. The van der Waals surface area contributed by atoms with Crippen LogP contribution in [0.3, 0.4) is 0 Å². The Morgan fingerprint density at radius 2 is 1.93 bits per heavy atom. The number of methoxy groups -OCH3 is 2. The van der Waals surface area contributed by atoms with Gasteiger partial charge in [0.05, 0.1) is 37.1 Å². The minimum atomic E-state index is -0.254. The van der Waals surface area contributed by atoms with E-state index in [9.17, 15) is 4.79 Å². The molecule has 4 aromatic rings. The van der Waals surface area contributed by atoms with Crippen LogP contribution in [0.2, 0.25) is 0 Å². The Balaban J connectivity index is 1.67. The van der Waals surface area contributed by atoms with Gasteiger partial charge in [0, 0.05) is 23.9 Å². The third-order valence-electron chi connectivity index (χ3n) is 5.57. The van der Waals surface area contributed by atoms with Crippen LogP contribution in [0.15, 0.2) is 67.0 Å². The molecule has 0 spiro atoms. The molecule has 1 atom stereocenters. The van der Waals surface area contributed by atoms with Crippen molar-refractivity contribution < 1.29 is 14.3 Å². The summed E-state index contributed by atoms with van der Waals surface area (Å²) in [6.07, 6.45) is 1.66.